The molecule has 1 N–H and O–H groups in total. The van der Waals surface area contributed by atoms with Gasteiger partial charge in [0.2, 0.25) is 0 Å². The molecule has 1 unspecified atom stereocenters. The SMILES string of the molecule is CCCC(CCC)N(CC1CCCN1)C(C)C. The maximum Gasteiger partial charge on any atom is 0.0195 e. The van der Waals surface area contributed by atoms with E-state index in [0.717, 1.165) is 12.1 Å². The van der Waals surface area contributed by atoms with Crippen molar-refractivity contribution in [3.63, 3.8) is 0 Å². The van der Waals surface area contributed by atoms with Crippen LogP contribution < -0.4 is 5.32 Å². The average molecular weight is 240 g/mol. The number of nitrogens with zero attached hydrogens (tertiary/aromatic N) is 1. The molecule has 1 aliphatic rings. The summed E-state index contributed by atoms with van der Waals surface area (Å²) in [6, 6.07) is 2.22. The van der Waals surface area contributed by atoms with Crippen molar-refractivity contribution in [3.05, 3.63) is 0 Å². The summed E-state index contributed by atoms with van der Waals surface area (Å²) in [4.78, 5) is 2.75. The first-order chi connectivity index (χ1) is 8.19. The summed E-state index contributed by atoms with van der Waals surface area (Å²) in [6.07, 6.45) is 8.08. The van der Waals surface area contributed by atoms with E-state index in [9.17, 15) is 0 Å². The van der Waals surface area contributed by atoms with Crippen LogP contribution >= 0.6 is 0 Å². The van der Waals surface area contributed by atoms with Crippen LogP contribution in [0.15, 0.2) is 0 Å². The van der Waals surface area contributed by atoms with E-state index in [4.69, 9.17) is 0 Å². The van der Waals surface area contributed by atoms with Crippen molar-refractivity contribution in [3.8, 4) is 0 Å². The molecule has 0 saturated carbocycles. The van der Waals surface area contributed by atoms with Crippen LogP contribution in [0.3, 0.4) is 0 Å². The smallest absolute Gasteiger partial charge is 0.0195 e. The Morgan fingerprint density at radius 2 is 1.82 bits per heavy atom. The quantitative estimate of drug-likeness (QED) is 0.699. The third-order valence-corrected chi connectivity index (χ3v) is 3.97. The molecule has 17 heavy (non-hydrogen) atoms. The highest BCUT2D eigenvalue weighted by Crippen LogP contribution is 2.18. The highest BCUT2D eigenvalue weighted by molar-refractivity contribution is 4.83. The Bertz CT molecular complexity index is 179. The molecule has 2 heteroatoms. The standard InChI is InChI=1S/C15H32N2/c1-5-8-15(9-6-2)17(13(3)4)12-14-10-7-11-16-14/h13-16H,5-12H2,1-4H3. The molecule has 102 valence electrons. The molecule has 0 aliphatic carbocycles. The summed E-state index contributed by atoms with van der Waals surface area (Å²) in [7, 11) is 0. The summed E-state index contributed by atoms with van der Waals surface area (Å²) in [5.74, 6) is 0. The molecule has 0 amide bonds. The summed E-state index contributed by atoms with van der Waals surface area (Å²) in [6.45, 7) is 11.8. The number of nitrogens with one attached hydrogen (secondary N) is 1. The van der Waals surface area contributed by atoms with Crippen LogP contribution in [0, 0.1) is 0 Å². The molecule has 0 aromatic rings. The van der Waals surface area contributed by atoms with E-state index in [0.29, 0.717) is 6.04 Å². The minimum atomic E-state index is 0.681. The largest absolute Gasteiger partial charge is 0.313 e. The van der Waals surface area contributed by atoms with Gasteiger partial charge >= 0.3 is 0 Å². The first-order valence-corrected chi connectivity index (χ1v) is 7.68. The zero-order valence-electron chi connectivity index (χ0n) is 12.3. The van der Waals surface area contributed by atoms with Crippen LogP contribution in [0.4, 0.5) is 0 Å². The van der Waals surface area contributed by atoms with Gasteiger partial charge in [0, 0.05) is 24.7 Å². The predicted octanol–water partition coefficient (Wildman–Crippen LogP) is 3.42. The Hall–Kier alpha value is -0.0800. The van der Waals surface area contributed by atoms with Gasteiger partial charge in [-0.1, -0.05) is 26.7 Å². The summed E-state index contributed by atoms with van der Waals surface area (Å²) >= 11 is 0. The van der Waals surface area contributed by atoms with Crippen molar-refractivity contribution in [2.75, 3.05) is 13.1 Å². The van der Waals surface area contributed by atoms with Crippen LogP contribution in [0.2, 0.25) is 0 Å². The first-order valence-electron chi connectivity index (χ1n) is 7.68. The van der Waals surface area contributed by atoms with Gasteiger partial charge in [-0.3, -0.25) is 4.90 Å². The van der Waals surface area contributed by atoms with E-state index in [1.54, 1.807) is 0 Å². The third-order valence-electron chi connectivity index (χ3n) is 3.97. The summed E-state index contributed by atoms with van der Waals surface area (Å²) < 4.78 is 0. The van der Waals surface area contributed by atoms with Crippen LogP contribution in [-0.2, 0) is 0 Å². The van der Waals surface area contributed by atoms with Gasteiger partial charge in [0.15, 0.2) is 0 Å². The molecule has 1 aliphatic heterocycles. The molecule has 0 spiro atoms. The van der Waals surface area contributed by atoms with E-state index >= 15 is 0 Å². The van der Waals surface area contributed by atoms with E-state index in [-0.39, 0.29) is 0 Å². The number of rotatable bonds is 8. The number of hydrogen-bond donors (Lipinski definition) is 1. The van der Waals surface area contributed by atoms with Crippen LogP contribution in [0.25, 0.3) is 0 Å². The lowest BCUT2D eigenvalue weighted by Gasteiger charge is -2.37. The van der Waals surface area contributed by atoms with Gasteiger partial charge in [-0.2, -0.15) is 0 Å². The molecule has 1 heterocycles. The lowest BCUT2D eigenvalue weighted by Crippen LogP contribution is -2.47. The Balaban J connectivity index is 2.53. The van der Waals surface area contributed by atoms with Crippen LogP contribution in [-0.4, -0.2) is 36.1 Å². The lowest BCUT2D eigenvalue weighted by molar-refractivity contribution is 0.123. The fraction of sp³-hybridized carbons (Fsp3) is 1.00. The Morgan fingerprint density at radius 3 is 2.24 bits per heavy atom. The molecule has 0 aromatic carbocycles. The summed E-state index contributed by atoms with van der Waals surface area (Å²) in [5.41, 5.74) is 0. The molecular formula is C15H32N2. The molecule has 1 atom stereocenters. The van der Waals surface area contributed by atoms with Crippen molar-refractivity contribution in [2.45, 2.75) is 84.3 Å². The maximum atomic E-state index is 3.64. The summed E-state index contributed by atoms with van der Waals surface area (Å²) in [5, 5.41) is 3.64. The minimum Gasteiger partial charge on any atom is -0.313 e. The maximum absolute atomic E-state index is 3.64. The van der Waals surface area contributed by atoms with Gasteiger partial charge in [0.1, 0.15) is 0 Å². The second-order valence-electron chi connectivity index (χ2n) is 5.81. The molecule has 1 saturated heterocycles. The predicted molar refractivity (Wildman–Crippen MR) is 76.5 cm³/mol. The zero-order chi connectivity index (χ0) is 12.7. The zero-order valence-corrected chi connectivity index (χ0v) is 12.3. The van der Waals surface area contributed by atoms with Crippen molar-refractivity contribution in [1.82, 2.24) is 10.2 Å². The minimum absolute atomic E-state index is 0.681. The normalized spacial score (nSPS) is 21.0. The van der Waals surface area contributed by atoms with Crippen molar-refractivity contribution >= 4 is 0 Å². The molecule has 0 bridgehead atoms. The Labute approximate surface area is 108 Å². The molecular weight excluding hydrogens is 208 g/mol. The second kappa shape index (κ2) is 8.10. The Kier molecular flexibility index (Phi) is 7.14. The molecule has 0 aromatic heterocycles. The molecule has 0 radical (unpaired) electrons. The molecule has 2 nitrogen and oxygen atoms in total. The van der Waals surface area contributed by atoms with Gasteiger partial charge < -0.3 is 5.32 Å². The fourth-order valence-corrected chi connectivity index (χ4v) is 3.09. The van der Waals surface area contributed by atoms with Gasteiger partial charge in [-0.15, -0.1) is 0 Å². The van der Waals surface area contributed by atoms with Gasteiger partial charge in [-0.25, -0.2) is 0 Å². The highest BCUT2D eigenvalue weighted by atomic mass is 15.2. The fourth-order valence-electron chi connectivity index (χ4n) is 3.09. The van der Waals surface area contributed by atoms with Crippen LogP contribution in [0.5, 0.6) is 0 Å². The lowest BCUT2D eigenvalue weighted by atomic mass is 10.0. The molecule has 1 fully saturated rings. The first kappa shape index (κ1) is 15.0. The van der Waals surface area contributed by atoms with Gasteiger partial charge in [0.25, 0.3) is 0 Å². The van der Waals surface area contributed by atoms with E-state index < -0.39 is 0 Å². The van der Waals surface area contributed by atoms with E-state index in [1.165, 1.54) is 51.6 Å². The Morgan fingerprint density at radius 1 is 1.18 bits per heavy atom. The van der Waals surface area contributed by atoms with Crippen molar-refractivity contribution in [1.29, 1.82) is 0 Å². The van der Waals surface area contributed by atoms with Crippen molar-refractivity contribution < 1.29 is 0 Å². The van der Waals surface area contributed by atoms with Crippen LogP contribution in [0.1, 0.15) is 66.2 Å². The van der Waals surface area contributed by atoms with Gasteiger partial charge in [0.05, 0.1) is 0 Å². The monoisotopic (exact) mass is 240 g/mol. The van der Waals surface area contributed by atoms with Gasteiger partial charge in [-0.05, 0) is 46.1 Å². The van der Waals surface area contributed by atoms with E-state index in [2.05, 4.69) is 37.9 Å². The second-order valence-corrected chi connectivity index (χ2v) is 5.81. The third kappa shape index (κ3) is 4.97. The molecule has 1 rings (SSSR count). The average Bonchev–Trinajstić information content (AvgIpc) is 2.78. The topological polar surface area (TPSA) is 15.3 Å². The van der Waals surface area contributed by atoms with E-state index in [1.807, 2.05) is 0 Å². The van der Waals surface area contributed by atoms with Crippen molar-refractivity contribution in [2.24, 2.45) is 0 Å². The highest BCUT2D eigenvalue weighted by Gasteiger charge is 2.24. The number of hydrogen-bond acceptors (Lipinski definition) is 2.